The summed E-state index contributed by atoms with van der Waals surface area (Å²) in [5, 5.41) is 0. The van der Waals surface area contributed by atoms with Gasteiger partial charge in [0.05, 0.1) is 7.11 Å². The SMILES string of the molecule is COc1ccc(-c2ncoc2C(F)(F)F)cc1. The second-order valence-corrected chi connectivity index (χ2v) is 3.26. The molecule has 0 amide bonds. The van der Waals surface area contributed by atoms with Gasteiger partial charge in [-0.05, 0) is 24.3 Å². The minimum absolute atomic E-state index is 0.222. The summed E-state index contributed by atoms with van der Waals surface area (Å²) >= 11 is 0. The van der Waals surface area contributed by atoms with E-state index in [1.165, 1.54) is 19.2 Å². The van der Waals surface area contributed by atoms with Gasteiger partial charge in [-0.3, -0.25) is 0 Å². The fourth-order valence-corrected chi connectivity index (χ4v) is 1.40. The van der Waals surface area contributed by atoms with Crippen molar-refractivity contribution in [1.29, 1.82) is 0 Å². The fraction of sp³-hybridized carbons (Fsp3) is 0.182. The van der Waals surface area contributed by atoms with Gasteiger partial charge in [0.2, 0.25) is 5.76 Å². The predicted octanol–water partition coefficient (Wildman–Crippen LogP) is 3.37. The van der Waals surface area contributed by atoms with Crippen molar-refractivity contribution in [2.75, 3.05) is 7.11 Å². The van der Waals surface area contributed by atoms with E-state index in [0.717, 1.165) is 6.39 Å². The zero-order valence-electron chi connectivity index (χ0n) is 8.78. The van der Waals surface area contributed by atoms with Gasteiger partial charge in [0, 0.05) is 5.56 Å². The van der Waals surface area contributed by atoms with E-state index in [2.05, 4.69) is 9.40 Å². The summed E-state index contributed by atoms with van der Waals surface area (Å²) in [7, 11) is 1.48. The van der Waals surface area contributed by atoms with Crippen LogP contribution in [-0.4, -0.2) is 12.1 Å². The molecule has 1 aromatic heterocycles. The second-order valence-electron chi connectivity index (χ2n) is 3.26. The van der Waals surface area contributed by atoms with Crippen molar-refractivity contribution < 1.29 is 22.3 Å². The van der Waals surface area contributed by atoms with Crippen LogP contribution in [0.15, 0.2) is 35.1 Å². The zero-order valence-corrected chi connectivity index (χ0v) is 8.78. The number of methoxy groups -OCH3 is 1. The van der Waals surface area contributed by atoms with Crippen molar-refractivity contribution in [3.05, 3.63) is 36.4 Å². The summed E-state index contributed by atoms with van der Waals surface area (Å²) in [5.41, 5.74) is 0.104. The Balaban J connectivity index is 2.43. The van der Waals surface area contributed by atoms with Crippen molar-refractivity contribution in [3.63, 3.8) is 0 Å². The average Bonchev–Trinajstić information content (AvgIpc) is 2.78. The molecule has 1 heterocycles. The first kappa shape index (κ1) is 11.5. The number of ether oxygens (including phenoxy) is 1. The van der Waals surface area contributed by atoms with Crippen LogP contribution in [-0.2, 0) is 6.18 Å². The molecule has 6 heteroatoms. The lowest BCUT2D eigenvalue weighted by Gasteiger charge is -2.05. The molecule has 0 bridgehead atoms. The molecule has 0 atom stereocenters. The number of halogens is 3. The van der Waals surface area contributed by atoms with Crippen LogP contribution < -0.4 is 4.74 Å². The topological polar surface area (TPSA) is 35.3 Å². The van der Waals surface area contributed by atoms with Crippen LogP contribution in [0.5, 0.6) is 5.75 Å². The van der Waals surface area contributed by atoms with Gasteiger partial charge in [-0.25, -0.2) is 4.98 Å². The number of rotatable bonds is 2. The third-order valence-electron chi connectivity index (χ3n) is 2.19. The summed E-state index contributed by atoms with van der Waals surface area (Å²) in [5.74, 6) is -0.534. The lowest BCUT2D eigenvalue weighted by Crippen LogP contribution is -2.05. The van der Waals surface area contributed by atoms with E-state index in [0.29, 0.717) is 11.3 Å². The maximum Gasteiger partial charge on any atom is 0.451 e. The molecule has 0 fully saturated rings. The van der Waals surface area contributed by atoms with Gasteiger partial charge in [0.25, 0.3) is 0 Å². The molecular formula is C11H8F3NO2. The first-order chi connectivity index (χ1) is 8.02. The summed E-state index contributed by atoms with van der Waals surface area (Å²) in [6.07, 6.45) is -3.77. The van der Waals surface area contributed by atoms with Crippen LogP contribution in [0.4, 0.5) is 13.2 Å². The molecule has 0 spiro atoms. The minimum atomic E-state index is -4.55. The predicted molar refractivity (Wildman–Crippen MR) is 53.5 cm³/mol. The molecule has 1 aromatic carbocycles. The van der Waals surface area contributed by atoms with Gasteiger partial charge in [0.1, 0.15) is 11.4 Å². The largest absolute Gasteiger partial charge is 0.497 e. The molecule has 0 saturated carbocycles. The van der Waals surface area contributed by atoms with Crippen molar-refractivity contribution >= 4 is 0 Å². The smallest absolute Gasteiger partial charge is 0.451 e. The van der Waals surface area contributed by atoms with E-state index in [4.69, 9.17) is 4.74 Å². The van der Waals surface area contributed by atoms with Crippen molar-refractivity contribution in [1.82, 2.24) is 4.98 Å². The fourth-order valence-electron chi connectivity index (χ4n) is 1.40. The van der Waals surface area contributed by atoms with Gasteiger partial charge in [0.15, 0.2) is 6.39 Å². The number of benzene rings is 1. The summed E-state index contributed by atoms with van der Waals surface area (Å²) in [4.78, 5) is 3.58. The molecule has 3 nitrogen and oxygen atoms in total. The van der Waals surface area contributed by atoms with Crippen molar-refractivity contribution in [2.24, 2.45) is 0 Å². The van der Waals surface area contributed by atoms with E-state index < -0.39 is 11.9 Å². The second kappa shape index (κ2) is 4.12. The number of hydrogen-bond acceptors (Lipinski definition) is 3. The van der Waals surface area contributed by atoms with Gasteiger partial charge in [-0.2, -0.15) is 13.2 Å². The Hall–Kier alpha value is -1.98. The van der Waals surface area contributed by atoms with Crippen LogP contribution in [0.2, 0.25) is 0 Å². The van der Waals surface area contributed by atoms with Crippen molar-refractivity contribution in [3.8, 4) is 17.0 Å². The third-order valence-corrected chi connectivity index (χ3v) is 2.19. The normalized spacial score (nSPS) is 11.5. The highest BCUT2D eigenvalue weighted by Crippen LogP contribution is 2.36. The Morgan fingerprint density at radius 1 is 1.18 bits per heavy atom. The number of nitrogens with zero attached hydrogens (tertiary/aromatic N) is 1. The van der Waals surface area contributed by atoms with Crippen LogP contribution >= 0.6 is 0 Å². The van der Waals surface area contributed by atoms with Crippen LogP contribution in [0.25, 0.3) is 11.3 Å². The lowest BCUT2D eigenvalue weighted by atomic mass is 10.1. The lowest BCUT2D eigenvalue weighted by molar-refractivity contribution is -0.152. The number of alkyl halides is 3. The Morgan fingerprint density at radius 3 is 2.35 bits per heavy atom. The Morgan fingerprint density at radius 2 is 1.82 bits per heavy atom. The molecule has 17 heavy (non-hydrogen) atoms. The Labute approximate surface area is 94.8 Å². The average molecular weight is 243 g/mol. The molecule has 90 valence electrons. The van der Waals surface area contributed by atoms with Crippen LogP contribution in [0.1, 0.15) is 5.76 Å². The maximum atomic E-state index is 12.6. The summed E-state index contributed by atoms with van der Waals surface area (Å²) in [6, 6.07) is 6.10. The first-order valence-electron chi connectivity index (χ1n) is 4.67. The molecule has 0 aliphatic heterocycles. The monoisotopic (exact) mass is 243 g/mol. The molecule has 2 aromatic rings. The molecule has 0 saturated heterocycles. The highest BCUT2D eigenvalue weighted by atomic mass is 19.4. The van der Waals surface area contributed by atoms with E-state index in [-0.39, 0.29) is 5.69 Å². The first-order valence-corrected chi connectivity index (χ1v) is 4.67. The number of oxazole rings is 1. The standard InChI is InChI=1S/C11H8F3NO2/c1-16-8-4-2-7(3-5-8)9-10(11(12,13)14)17-6-15-9/h2-6H,1H3. The van der Waals surface area contributed by atoms with Gasteiger partial charge in [-0.15, -0.1) is 0 Å². The molecule has 0 N–H and O–H groups in total. The molecule has 0 aliphatic carbocycles. The van der Waals surface area contributed by atoms with Crippen molar-refractivity contribution in [2.45, 2.75) is 6.18 Å². The maximum absolute atomic E-state index is 12.6. The molecule has 0 radical (unpaired) electrons. The van der Waals surface area contributed by atoms with E-state index in [1.807, 2.05) is 0 Å². The molecule has 2 rings (SSSR count). The van der Waals surface area contributed by atoms with E-state index in [1.54, 1.807) is 12.1 Å². The number of hydrogen-bond donors (Lipinski definition) is 0. The van der Waals surface area contributed by atoms with Gasteiger partial charge < -0.3 is 9.15 Å². The highest BCUT2D eigenvalue weighted by Gasteiger charge is 2.38. The van der Waals surface area contributed by atoms with Gasteiger partial charge >= 0.3 is 6.18 Å². The summed E-state index contributed by atoms with van der Waals surface area (Å²) < 4.78 is 47.0. The molecular weight excluding hydrogens is 235 g/mol. The van der Waals surface area contributed by atoms with Crippen LogP contribution in [0.3, 0.4) is 0 Å². The highest BCUT2D eigenvalue weighted by molar-refractivity contribution is 5.62. The quantitative estimate of drug-likeness (QED) is 0.811. The zero-order chi connectivity index (χ0) is 12.5. The van der Waals surface area contributed by atoms with E-state index >= 15 is 0 Å². The van der Waals surface area contributed by atoms with E-state index in [9.17, 15) is 13.2 Å². The molecule has 0 unspecified atom stereocenters. The van der Waals surface area contributed by atoms with Gasteiger partial charge in [-0.1, -0.05) is 0 Å². The summed E-state index contributed by atoms with van der Waals surface area (Å²) in [6.45, 7) is 0. The Kier molecular flexibility index (Phi) is 2.79. The number of aromatic nitrogens is 1. The minimum Gasteiger partial charge on any atom is -0.497 e. The third kappa shape index (κ3) is 2.25. The van der Waals surface area contributed by atoms with Crippen LogP contribution in [0, 0.1) is 0 Å². The molecule has 0 aliphatic rings. The Bertz CT molecular complexity index is 502.